The zero-order valence-electron chi connectivity index (χ0n) is 23.2. The van der Waals surface area contributed by atoms with Crippen molar-refractivity contribution in [2.45, 2.75) is 50.2 Å². The van der Waals surface area contributed by atoms with Gasteiger partial charge in [-0.3, -0.25) is 9.59 Å². The third-order valence-corrected chi connectivity index (χ3v) is 8.51. The highest BCUT2D eigenvalue weighted by Crippen LogP contribution is 2.60. The number of ether oxygens (including phenoxy) is 2. The second kappa shape index (κ2) is 11.5. The lowest BCUT2D eigenvalue weighted by Crippen LogP contribution is -2.59. The van der Waals surface area contributed by atoms with E-state index in [1.165, 1.54) is 0 Å². The molecule has 0 unspecified atom stereocenters. The van der Waals surface area contributed by atoms with Gasteiger partial charge >= 0.3 is 6.09 Å². The van der Waals surface area contributed by atoms with E-state index in [9.17, 15) is 9.59 Å². The first-order valence-electron chi connectivity index (χ1n) is 13.3. The molecule has 3 atom stereocenters. The largest absolute Gasteiger partial charge is 0.489 e. The minimum Gasteiger partial charge on any atom is -0.489 e. The molecule has 7 nitrogen and oxygen atoms in total. The standard InChI is InChI=1S/C32H29Cl2IN2O5/c1-5-13-41-26-12-10-21(35)16-22(26)28-32(24(17-27(38)36-28)18-7-6-8-19(33)14-18)23-11-9-20(34)15-25(23)37(29(32)39)30(40)42-31(2,3)4/h5-12,14-16,24,28H,1,13,17H2,2-4H3,(H,36,38)/t24-,28-,32+/m1/s1. The van der Waals surface area contributed by atoms with Crippen molar-refractivity contribution in [2.24, 2.45) is 0 Å². The predicted octanol–water partition coefficient (Wildman–Crippen LogP) is 7.73. The Kier molecular flexibility index (Phi) is 8.35. The van der Waals surface area contributed by atoms with Crippen LogP contribution in [0.2, 0.25) is 10.0 Å². The molecule has 0 saturated carbocycles. The zero-order chi connectivity index (χ0) is 30.4. The van der Waals surface area contributed by atoms with Crippen molar-refractivity contribution in [2.75, 3.05) is 11.5 Å². The maximum atomic E-state index is 15.1. The summed E-state index contributed by atoms with van der Waals surface area (Å²) in [4.78, 5) is 43.4. The van der Waals surface area contributed by atoms with Gasteiger partial charge in [-0.1, -0.05) is 54.1 Å². The number of amides is 3. The molecule has 2 heterocycles. The summed E-state index contributed by atoms with van der Waals surface area (Å²) < 4.78 is 12.6. The lowest BCUT2D eigenvalue weighted by molar-refractivity contribution is -0.132. The molecule has 0 aromatic heterocycles. The Bertz CT molecular complexity index is 1600. The molecule has 1 saturated heterocycles. The van der Waals surface area contributed by atoms with E-state index in [1.807, 2.05) is 18.2 Å². The summed E-state index contributed by atoms with van der Waals surface area (Å²) in [6.45, 7) is 9.15. The van der Waals surface area contributed by atoms with Crippen LogP contribution in [0.1, 0.15) is 55.8 Å². The van der Waals surface area contributed by atoms with Crippen LogP contribution in [-0.4, -0.2) is 30.1 Å². The smallest absolute Gasteiger partial charge is 0.421 e. The van der Waals surface area contributed by atoms with Crippen LogP contribution in [0.4, 0.5) is 10.5 Å². The van der Waals surface area contributed by atoms with Crippen LogP contribution in [0.3, 0.4) is 0 Å². The number of carbonyl (C=O) groups is 3. The highest BCUT2D eigenvalue weighted by molar-refractivity contribution is 14.1. The summed E-state index contributed by atoms with van der Waals surface area (Å²) in [7, 11) is 0. The van der Waals surface area contributed by atoms with Crippen molar-refractivity contribution in [1.82, 2.24) is 5.32 Å². The topological polar surface area (TPSA) is 84.9 Å². The predicted molar refractivity (Wildman–Crippen MR) is 171 cm³/mol. The van der Waals surface area contributed by atoms with E-state index in [0.717, 1.165) is 8.47 Å². The van der Waals surface area contributed by atoms with Gasteiger partial charge in [-0.05, 0) is 97.0 Å². The molecule has 0 bridgehead atoms. The van der Waals surface area contributed by atoms with Crippen molar-refractivity contribution in [3.8, 4) is 5.75 Å². The number of piperidine rings is 1. The molecule has 3 aromatic carbocycles. The number of benzene rings is 3. The highest BCUT2D eigenvalue weighted by Gasteiger charge is 2.65. The van der Waals surface area contributed by atoms with E-state index in [1.54, 1.807) is 69.3 Å². The van der Waals surface area contributed by atoms with Gasteiger partial charge in [-0.25, -0.2) is 9.69 Å². The molecule has 42 heavy (non-hydrogen) atoms. The summed E-state index contributed by atoms with van der Waals surface area (Å²) in [6, 6.07) is 16.8. The van der Waals surface area contributed by atoms with Crippen LogP contribution in [0.15, 0.2) is 73.3 Å². The Hall–Kier alpha value is -3.08. The Morgan fingerprint density at radius 1 is 1.12 bits per heavy atom. The van der Waals surface area contributed by atoms with Gasteiger partial charge in [0, 0.05) is 31.5 Å². The SMILES string of the molecule is C=CCOc1ccc(I)cc1[C@H]1NC(=O)C[C@H](c2cccc(Cl)c2)[C@]12C(=O)N(C(=O)OC(C)(C)C)c1cc(Cl)ccc12. The van der Waals surface area contributed by atoms with Crippen molar-refractivity contribution in [3.63, 3.8) is 0 Å². The van der Waals surface area contributed by atoms with Crippen LogP contribution < -0.4 is 15.0 Å². The van der Waals surface area contributed by atoms with Gasteiger partial charge in [0.1, 0.15) is 23.4 Å². The fourth-order valence-corrected chi connectivity index (χ4v) is 6.77. The van der Waals surface area contributed by atoms with Crippen LogP contribution in [0.5, 0.6) is 5.75 Å². The number of nitrogens with zero attached hydrogens (tertiary/aromatic N) is 1. The number of halogens is 3. The summed E-state index contributed by atoms with van der Waals surface area (Å²) in [6.07, 6.45) is 0.757. The van der Waals surface area contributed by atoms with Gasteiger partial charge in [0.05, 0.1) is 11.7 Å². The van der Waals surface area contributed by atoms with Crippen LogP contribution in [-0.2, 0) is 19.7 Å². The van der Waals surface area contributed by atoms with Gasteiger partial charge in [-0.15, -0.1) is 0 Å². The lowest BCUT2D eigenvalue weighted by Gasteiger charge is -2.47. The third-order valence-electron chi connectivity index (χ3n) is 7.37. The number of anilines is 1. The molecule has 0 aliphatic carbocycles. The van der Waals surface area contributed by atoms with Crippen molar-refractivity contribution < 1.29 is 23.9 Å². The first kappa shape index (κ1) is 30.4. The number of nitrogens with one attached hydrogen (secondary N) is 1. The van der Waals surface area contributed by atoms with Gasteiger partial charge in [0.2, 0.25) is 11.8 Å². The van der Waals surface area contributed by atoms with Gasteiger partial charge in [0.15, 0.2) is 0 Å². The van der Waals surface area contributed by atoms with Gasteiger partial charge < -0.3 is 14.8 Å². The highest BCUT2D eigenvalue weighted by atomic mass is 127. The second-order valence-electron chi connectivity index (χ2n) is 11.2. The van der Waals surface area contributed by atoms with Crippen molar-refractivity contribution >= 4 is 69.4 Å². The molecule has 3 aromatic rings. The fraction of sp³-hybridized carbons (Fsp3) is 0.281. The summed E-state index contributed by atoms with van der Waals surface area (Å²) in [5.41, 5.74) is -0.266. The summed E-state index contributed by atoms with van der Waals surface area (Å²) in [5.74, 6) is -1.04. The molecule has 2 aliphatic rings. The molecule has 0 radical (unpaired) electrons. The Morgan fingerprint density at radius 3 is 2.55 bits per heavy atom. The number of hydrogen-bond donors (Lipinski definition) is 1. The van der Waals surface area contributed by atoms with Crippen LogP contribution in [0, 0.1) is 3.57 Å². The average molecular weight is 719 g/mol. The van der Waals surface area contributed by atoms with Crippen LogP contribution >= 0.6 is 45.8 Å². The monoisotopic (exact) mass is 718 g/mol. The van der Waals surface area contributed by atoms with E-state index in [4.69, 9.17) is 32.7 Å². The number of imide groups is 1. The van der Waals surface area contributed by atoms with Crippen molar-refractivity contribution in [1.29, 1.82) is 0 Å². The molecular formula is C32H29Cl2IN2O5. The van der Waals surface area contributed by atoms with E-state index < -0.39 is 35.0 Å². The zero-order valence-corrected chi connectivity index (χ0v) is 26.9. The molecule has 218 valence electrons. The third kappa shape index (κ3) is 5.40. The van der Waals surface area contributed by atoms with E-state index in [2.05, 4.69) is 34.5 Å². The van der Waals surface area contributed by atoms with Gasteiger partial charge in [-0.2, -0.15) is 0 Å². The number of hydrogen-bond acceptors (Lipinski definition) is 5. The first-order chi connectivity index (χ1) is 19.9. The molecular weight excluding hydrogens is 690 g/mol. The number of fused-ring (bicyclic) bond motifs is 2. The van der Waals surface area contributed by atoms with Crippen molar-refractivity contribution in [3.05, 3.63) is 104 Å². The first-order valence-corrected chi connectivity index (χ1v) is 15.2. The molecule has 1 spiro atoms. The molecule has 1 N–H and O–H groups in total. The second-order valence-corrected chi connectivity index (χ2v) is 13.4. The molecule has 5 rings (SSSR count). The summed E-state index contributed by atoms with van der Waals surface area (Å²) >= 11 is 15.1. The Balaban J connectivity index is 1.85. The average Bonchev–Trinajstić information content (AvgIpc) is 3.15. The van der Waals surface area contributed by atoms with E-state index in [-0.39, 0.29) is 18.9 Å². The number of rotatable bonds is 5. The van der Waals surface area contributed by atoms with Gasteiger partial charge in [0.25, 0.3) is 0 Å². The molecule has 2 aliphatic heterocycles. The van der Waals surface area contributed by atoms with E-state index in [0.29, 0.717) is 38.2 Å². The summed E-state index contributed by atoms with van der Waals surface area (Å²) in [5, 5.41) is 3.90. The Labute approximate surface area is 268 Å². The number of carbonyl (C=O) groups excluding carboxylic acids is 3. The van der Waals surface area contributed by atoms with E-state index >= 15 is 4.79 Å². The maximum Gasteiger partial charge on any atom is 0.421 e. The minimum atomic E-state index is -1.49. The quantitative estimate of drug-likeness (QED) is 0.216. The fourth-order valence-electron chi connectivity index (χ4n) is 5.89. The molecule has 3 amide bonds. The lowest BCUT2D eigenvalue weighted by atomic mass is 9.59. The van der Waals surface area contributed by atoms with Crippen LogP contribution in [0.25, 0.3) is 0 Å². The maximum absolute atomic E-state index is 15.1. The Morgan fingerprint density at radius 2 is 1.86 bits per heavy atom. The molecule has 1 fully saturated rings. The minimum absolute atomic E-state index is 0.0282. The molecule has 10 heteroatoms. The normalized spacial score (nSPS) is 21.6.